The SMILES string of the molecule is Cc1c(Cl)cccc1CCCOc1ccc(CCC(N)(CO)COP(=O)(O)O)cc1C(F)(F)F. The third-order valence-corrected chi connectivity index (χ3v) is 6.20. The topological polar surface area (TPSA) is 122 Å². The van der Waals surface area contributed by atoms with Crippen LogP contribution in [0.1, 0.15) is 35.1 Å². The summed E-state index contributed by atoms with van der Waals surface area (Å²) >= 11 is 6.09. The standard InChI is InChI=1S/C22H28ClF3NO6P/c1-15-17(4-2-6-19(15)23)5-3-11-32-20-8-7-16(12-18(20)22(24,25)26)9-10-21(27,13-28)14-33-34(29,30)31/h2,4,6-8,12,28H,3,5,9-11,13-14,27H2,1H3,(H2,29,30,31). The monoisotopic (exact) mass is 525 g/mol. The van der Waals surface area contributed by atoms with Crippen molar-refractivity contribution in [3.8, 4) is 5.75 Å². The van der Waals surface area contributed by atoms with Gasteiger partial charge in [0.05, 0.1) is 30.9 Å². The number of nitrogens with two attached hydrogens (primary N) is 1. The van der Waals surface area contributed by atoms with Gasteiger partial charge in [-0.1, -0.05) is 29.8 Å². The van der Waals surface area contributed by atoms with E-state index in [1.807, 2.05) is 19.1 Å². The lowest BCUT2D eigenvalue weighted by molar-refractivity contribution is -0.139. The van der Waals surface area contributed by atoms with E-state index < -0.39 is 38.3 Å². The van der Waals surface area contributed by atoms with Gasteiger partial charge in [-0.2, -0.15) is 13.2 Å². The van der Waals surface area contributed by atoms with Crippen LogP contribution < -0.4 is 10.5 Å². The molecule has 7 nitrogen and oxygen atoms in total. The van der Waals surface area contributed by atoms with Crippen molar-refractivity contribution in [1.82, 2.24) is 0 Å². The molecule has 1 atom stereocenters. The Kier molecular flexibility index (Phi) is 9.97. The summed E-state index contributed by atoms with van der Waals surface area (Å²) < 4.78 is 61.5. The number of benzene rings is 2. The summed E-state index contributed by atoms with van der Waals surface area (Å²) in [6.45, 7) is 0.619. The van der Waals surface area contributed by atoms with Crippen LogP contribution in [0.15, 0.2) is 36.4 Å². The molecule has 1 unspecified atom stereocenters. The summed E-state index contributed by atoms with van der Waals surface area (Å²) in [5, 5.41) is 10.1. The van der Waals surface area contributed by atoms with Gasteiger partial charge in [-0.05, 0) is 67.5 Å². The summed E-state index contributed by atoms with van der Waals surface area (Å²) in [6.07, 6.45) is -3.62. The minimum atomic E-state index is -4.81. The molecule has 2 aromatic rings. The van der Waals surface area contributed by atoms with E-state index in [2.05, 4.69) is 4.52 Å². The van der Waals surface area contributed by atoms with Crippen LogP contribution in [-0.2, 0) is 28.1 Å². The van der Waals surface area contributed by atoms with Gasteiger partial charge < -0.3 is 25.4 Å². The van der Waals surface area contributed by atoms with Crippen LogP contribution in [0.4, 0.5) is 13.2 Å². The van der Waals surface area contributed by atoms with Crippen LogP contribution >= 0.6 is 19.4 Å². The van der Waals surface area contributed by atoms with Crippen LogP contribution in [0.25, 0.3) is 0 Å². The van der Waals surface area contributed by atoms with Gasteiger partial charge in [0.1, 0.15) is 5.75 Å². The molecule has 0 spiro atoms. The highest BCUT2D eigenvalue weighted by molar-refractivity contribution is 7.46. The van der Waals surface area contributed by atoms with Crippen molar-refractivity contribution in [3.05, 3.63) is 63.7 Å². The number of aliphatic hydroxyl groups excluding tert-OH is 1. The number of phosphoric ester groups is 1. The Morgan fingerprint density at radius 2 is 1.85 bits per heavy atom. The maximum atomic E-state index is 13.6. The first-order valence-corrected chi connectivity index (χ1v) is 12.3. The van der Waals surface area contributed by atoms with Crippen LogP contribution in [0.5, 0.6) is 5.75 Å². The molecule has 0 aromatic heterocycles. The molecule has 0 aliphatic heterocycles. The second-order valence-corrected chi connectivity index (χ2v) is 9.74. The Morgan fingerprint density at radius 1 is 1.15 bits per heavy atom. The quantitative estimate of drug-likeness (QED) is 0.239. The Morgan fingerprint density at radius 3 is 2.47 bits per heavy atom. The van der Waals surface area contributed by atoms with E-state index in [9.17, 15) is 22.8 Å². The molecular weight excluding hydrogens is 498 g/mol. The summed E-state index contributed by atoms with van der Waals surface area (Å²) in [4.78, 5) is 17.6. The second kappa shape index (κ2) is 11.9. The van der Waals surface area contributed by atoms with Gasteiger partial charge in [0.2, 0.25) is 0 Å². The van der Waals surface area contributed by atoms with Crippen LogP contribution in [-0.4, -0.2) is 40.3 Å². The molecule has 0 saturated carbocycles. The van der Waals surface area contributed by atoms with Gasteiger partial charge in [-0.3, -0.25) is 4.52 Å². The van der Waals surface area contributed by atoms with E-state index in [0.29, 0.717) is 17.9 Å². The summed E-state index contributed by atoms with van der Waals surface area (Å²) in [5.41, 5.74) is 5.60. The summed E-state index contributed by atoms with van der Waals surface area (Å²) in [5.74, 6) is -0.301. The molecule has 2 aromatic carbocycles. The third kappa shape index (κ3) is 8.85. The maximum Gasteiger partial charge on any atom is 0.469 e. The van der Waals surface area contributed by atoms with E-state index in [-0.39, 0.29) is 30.8 Å². The summed E-state index contributed by atoms with van der Waals surface area (Å²) in [6, 6.07) is 9.12. The number of hydrogen-bond acceptors (Lipinski definition) is 5. The molecule has 0 bridgehead atoms. The first-order valence-electron chi connectivity index (χ1n) is 10.4. The van der Waals surface area contributed by atoms with Crippen molar-refractivity contribution < 1.29 is 41.9 Å². The van der Waals surface area contributed by atoms with Gasteiger partial charge in [0, 0.05) is 5.02 Å². The second-order valence-electron chi connectivity index (χ2n) is 8.09. The van der Waals surface area contributed by atoms with Crippen molar-refractivity contribution in [2.45, 2.75) is 44.3 Å². The maximum absolute atomic E-state index is 13.6. The molecule has 0 radical (unpaired) electrons. The van der Waals surface area contributed by atoms with Crippen LogP contribution in [0.2, 0.25) is 5.02 Å². The minimum Gasteiger partial charge on any atom is -0.493 e. The molecule has 34 heavy (non-hydrogen) atoms. The van der Waals surface area contributed by atoms with E-state index in [0.717, 1.165) is 17.2 Å². The molecule has 5 N–H and O–H groups in total. The van der Waals surface area contributed by atoms with E-state index in [1.54, 1.807) is 6.07 Å². The zero-order valence-corrected chi connectivity index (χ0v) is 20.2. The first kappa shape index (κ1) is 28.6. The average Bonchev–Trinajstić information content (AvgIpc) is 2.76. The predicted octanol–water partition coefficient (Wildman–Crippen LogP) is 4.41. The molecule has 0 fully saturated rings. The highest BCUT2D eigenvalue weighted by Crippen LogP contribution is 2.38. The molecule has 0 amide bonds. The van der Waals surface area contributed by atoms with E-state index in [1.165, 1.54) is 12.1 Å². The number of aryl methyl sites for hydroxylation is 2. The highest BCUT2D eigenvalue weighted by atomic mass is 35.5. The highest BCUT2D eigenvalue weighted by Gasteiger charge is 2.35. The third-order valence-electron chi connectivity index (χ3n) is 5.32. The van der Waals surface area contributed by atoms with E-state index in [4.69, 9.17) is 31.9 Å². The minimum absolute atomic E-state index is 0.0129. The van der Waals surface area contributed by atoms with Crippen molar-refractivity contribution in [3.63, 3.8) is 0 Å². The zero-order valence-electron chi connectivity index (χ0n) is 18.5. The smallest absolute Gasteiger partial charge is 0.469 e. The molecule has 2 rings (SSSR count). The van der Waals surface area contributed by atoms with Crippen molar-refractivity contribution in [2.24, 2.45) is 5.73 Å². The predicted molar refractivity (Wildman–Crippen MR) is 122 cm³/mol. The average molecular weight is 526 g/mol. The Labute approximate surface area is 200 Å². The molecule has 190 valence electrons. The van der Waals surface area contributed by atoms with Crippen LogP contribution in [0.3, 0.4) is 0 Å². The zero-order chi connectivity index (χ0) is 25.6. The van der Waals surface area contributed by atoms with Gasteiger partial charge in [0.25, 0.3) is 0 Å². The van der Waals surface area contributed by atoms with Gasteiger partial charge in [-0.25, -0.2) is 4.57 Å². The van der Waals surface area contributed by atoms with Crippen LogP contribution in [0, 0.1) is 6.92 Å². The number of aliphatic hydroxyl groups is 1. The molecule has 0 aliphatic carbocycles. The number of hydrogen-bond donors (Lipinski definition) is 4. The van der Waals surface area contributed by atoms with Gasteiger partial charge in [-0.15, -0.1) is 0 Å². The lowest BCUT2D eigenvalue weighted by atomic mass is 9.93. The van der Waals surface area contributed by atoms with E-state index >= 15 is 0 Å². The lowest BCUT2D eigenvalue weighted by Crippen LogP contribution is -2.48. The molecule has 0 aliphatic rings. The summed E-state index contributed by atoms with van der Waals surface area (Å²) in [7, 11) is -4.81. The number of phosphoric acid groups is 1. The number of halogens is 4. The lowest BCUT2D eigenvalue weighted by Gasteiger charge is -2.27. The van der Waals surface area contributed by atoms with Crippen molar-refractivity contribution in [2.75, 3.05) is 19.8 Å². The fourth-order valence-corrected chi connectivity index (χ4v) is 3.87. The molecule has 0 heterocycles. The Balaban J connectivity index is 2.04. The van der Waals surface area contributed by atoms with Crippen molar-refractivity contribution in [1.29, 1.82) is 0 Å². The Bertz CT molecular complexity index is 1020. The first-order chi connectivity index (χ1) is 15.7. The van der Waals surface area contributed by atoms with Gasteiger partial charge in [0.15, 0.2) is 0 Å². The molecule has 12 heteroatoms. The van der Waals surface area contributed by atoms with Gasteiger partial charge >= 0.3 is 14.0 Å². The normalized spacial score (nSPS) is 14.1. The Hall–Kier alpha value is -1.65. The number of alkyl halides is 3. The molecule has 0 saturated heterocycles. The fourth-order valence-electron chi connectivity index (χ4n) is 3.25. The molecular formula is C22H28ClF3NO6P. The van der Waals surface area contributed by atoms with Crippen molar-refractivity contribution >= 4 is 19.4 Å². The largest absolute Gasteiger partial charge is 0.493 e. The number of rotatable bonds is 12. The number of ether oxygens (including phenoxy) is 1. The fraction of sp³-hybridized carbons (Fsp3) is 0.455.